The molecule has 1 aromatic heterocycles. The minimum Gasteiger partial charge on any atom is -0.469 e. The van der Waals surface area contributed by atoms with Crippen molar-refractivity contribution in [3.63, 3.8) is 0 Å². The first-order chi connectivity index (χ1) is 18.1. The molecule has 1 fully saturated rings. The fraction of sp³-hybridized carbons (Fsp3) is 0.586. The van der Waals surface area contributed by atoms with Gasteiger partial charge in [-0.1, -0.05) is 37.3 Å². The van der Waals surface area contributed by atoms with E-state index in [1.165, 1.54) is 7.11 Å². The summed E-state index contributed by atoms with van der Waals surface area (Å²) in [6.45, 7) is 9.17. The molecule has 9 heteroatoms. The van der Waals surface area contributed by atoms with Crippen molar-refractivity contribution in [3.8, 4) is 0 Å². The predicted octanol–water partition coefficient (Wildman–Crippen LogP) is 4.43. The van der Waals surface area contributed by atoms with Gasteiger partial charge in [-0.25, -0.2) is 4.79 Å². The fourth-order valence-corrected chi connectivity index (χ4v) is 4.93. The first-order valence-corrected chi connectivity index (χ1v) is 13.3. The van der Waals surface area contributed by atoms with Crippen LogP contribution in [0.3, 0.4) is 0 Å². The molecule has 0 radical (unpaired) electrons. The molecule has 1 heterocycles. The molecular weight excluding hydrogens is 486 g/mol. The maximum Gasteiger partial charge on any atom is 0.407 e. The van der Waals surface area contributed by atoms with Crippen molar-refractivity contribution in [3.05, 3.63) is 53.3 Å². The highest BCUT2D eigenvalue weighted by molar-refractivity contribution is 5.72. The highest BCUT2D eigenvalue weighted by Gasteiger charge is 2.54. The van der Waals surface area contributed by atoms with Gasteiger partial charge in [0.2, 0.25) is 0 Å². The molecule has 0 spiro atoms. The van der Waals surface area contributed by atoms with Crippen LogP contribution in [0.5, 0.6) is 0 Å². The summed E-state index contributed by atoms with van der Waals surface area (Å²) in [6.07, 6.45) is 4.39. The summed E-state index contributed by atoms with van der Waals surface area (Å²) in [4.78, 5) is 35.4. The lowest BCUT2D eigenvalue weighted by atomic mass is 9.93. The zero-order valence-corrected chi connectivity index (χ0v) is 23.1. The van der Waals surface area contributed by atoms with E-state index in [-0.39, 0.29) is 36.2 Å². The number of carbonyl (C=O) groups is 3. The van der Waals surface area contributed by atoms with E-state index >= 15 is 0 Å². The topological polar surface area (TPSA) is 109 Å². The number of unbranched alkanes of at least 4 members (excludes halogenated alkanes) is 1. The van der Waals surface area contributed by atoms with Gasteiger partial charge < -0.3 is 24.3 Å². The van der Waals surface area contributed by atoms with Gasteiger partial charge in [0.25, 0.3) is 0 Å². The molecule has 1 aromatic carbocycles. The first kappa shape index (κ1) is 29.4. The largest absolute Gasteiger partial charge is 0.469 e. The Bertz CT molecular complexity index is 1060. The molecule has 3 rings (SSSR count). The van der Waals surface area contributed by atoms with E-state index < -0.39 is 11.7 Å². The molecule has 1 N–H and O–H groups in total. The van der Waals surface area contributed by atoms with Gasteiger partial charge in [0.1, 0.15) is 11.9 Å². The third kappa shape index (κ3) is 8.41. The number of benzene rings is 1. The number of aldehydes is 1. The van der Waals surface area contributed by atoms with Crippen LogP contribution in [0, 0.1) is 11.8 Å². The Morgan fingerprint density at radius 3 is 2.58 bits per heavy atom. The molecule has 1 saturated carbocycles. The van der Waals surface area contributed by atoms with E-state index in [4.69, 9.17) is 14.2 Å². The number of hydrogen-bond acceptors (Lipinski definition) is 7. The number of nitrogens with zero attached hydrogens (tertiary/aromatic N) is 2. The second-order valence-corrected chi connectivity index (χ2v) is 10.9. The van der Waals surface area contributed by atoms with Crippen molar-refractivity contribution in [2.75, 3.05) is 13.7 Å². The van der Waals surface area contributed by atoms with Crippen LogP contribution in [0.4, 0.5) is 4.79 Å². The lowest BCUT2D eigenvalue weighted by Crippen LogP contribution is -2.33. The third-order valence-electron chi connectivity index (χ3n) is 6.86. The normalized spacial score (nSPS) is 19.4. The highest BCUT2D eigenvalue weighted by atomic mass is 16.6. The number of methoxy groups -OCH3 is 1. The molecule has 2 aromatic rings. The summed E-state index contributed by atoms with van der Waals surface area (Å²) in [6, 6.07) is 9.98. The maximum atomic E-state index is 12.3. The lowest BCUT2D eigenvalue weighted by Gasteiger charge is -2.19. The molecule has 1 amide bonds. The number of aryl methyl sites for hydroxylation is 1. The van der Waals surface area contributed by atoms with Crippen LogP contribution < -0.4 is 5.32 Å². The summed E-state index contributed by atoms with van der Waals surface area (Å²) in [5.74, 6) is 0.0299. The standard InChI is InChI=1S/C29H41N3O6/c1-20(26-22(13-16-33)27(26)37-19-21-11-7-6-8-12-21)23-18-31-32(24(23)17-25(34)36-5)15-10-9-14-30-28(35)38-29(2,3)4/h6-8,11-12,16,18,20,22,26-27H,9-10,13-15,17,19H2,1-5H3,(H,30,35)/t20-,22?,26?,27?/m0/s1. The summed E-state index contributed by atoms with van der Waals surface area (Å²) in [5.41, 5.74) is 2.36. The van der Waals surface area contributed by atoms with Crippen LogP contribution in [0.15, 0.2) is 36.5 Å². The molecule has 38 heavy (non-hydrogen) atoms. The molecule has 3 unspecified atom stereocenters. The number of amides is 1. The second kappa shape index (κ2) is 13.6. The minimum absolute atomic E-state index is 0.0244. The van der Waals surface area contributed by atoms with E-state index in [0.29, 0.717) is 26.1 Å². The van der Waals surface area contributed by atoms with Gasteiger partial charge >= 0.3 is 12.1 Å². The molecule has 0 bridgehead atoms. The predicted molar refractivity (Wildman–Crippen MR) is 143 cm³/mol. The van der Waals surface area contributed by atoms with Gasteiger partial charge in [-0.15, -0.1) is 0 Å². The van der Waals surface area contributed by atoms with Crippen LogP contribution in [-0.4, -0.2) is 53.5 Å². The summed E-state index contributed by atoms with van der Waals surface area (Å²) < 4.78 is 18.3. The molecule has 4 atom stereocenters. The van der Waals surface area contributed by atoms with Crippen LogP contribution in [0.2, 0.25) is 0 Å². The second-order valence-electron chi connectivity index (χ2n) is 10.9. The number of carbonyl (C=O) groups excluding carboxylic acids is 3. The Morgan fingerprint density at radius 2 is 1.92 bits per heavy atom. The number of esters is 1. The smallest absolute Gasteiger partial charge is 0.407 e. The van der Waals surface area contributed by atoms with Crippen molar-refractivity contribution in [2.24, 2.45) is 11.8 Å². The first-order valence-electron chi connectivity index (χ1n) is 13.3. The van der Waals surface area contributed by atoms with Crippen molar-refractivity contribution in [2.45, 2.75) is 84.2 Å². The average Bonchev–Trinajstić information content (AvgIpc) is 3.41. The highest BCUT2D eigenvalue weighted by Crippen LogP contribution is 2.53. The Morgan fingerprint density at radius 1 is 1.18 bits per heavy atom. The van der Waals surface area contributed by atoms with E-state index in [1.807, 2.05) is 62.0 Å². The molecule has 208 valence electrons. The fourth-order valence-electron chi connectivity index (χ4n) is 4.93. The molecular formula is C29H41N3O6. The zero-order valence-electron chi connectivity index (χ0n) is 23.1. The van der Waals surface area contributed by atoms with Crippen LogP contribution in [0.25, 0.3) is 0 Å². The zero-order chi connectivity index (χ0) is 27.7. The number of ether oxygens (including phenoxy) is 3. The van der Waals surface area contributed by atoms with Gasteiger partial charge in [-0.3, -0.25) is 9.48 Å². The van der Waals surface area contributed by atoms with Crippen molar-refractivity contribution >= 4 is 18.3 Å². The molecule has 1 aliphatic carbocycles. The SMILES string of the molecule is COC(=O)Cc1c([C@H](C)C2C(CC=O)C2OCc2ccccc2)cnn1CCCCNC(=O)OC(C)(C)C. The number of alkyl carbamates (subject to hydrolysis) is 1. The van der Waals surface area contributed by atoms with Gasteiger partial charge in [0.15, 0.2) is 0 Å². The van der Waals surface area contributed by atoms with Gasteiger partial charge in [0, 0.05) is 19.5 Å². The number of hydrogen-bond donors (Lipinski definition) is 1. The van der Waals surface area contributed by atoms with Crippen LogP contribution >= 0.6 is 0 Å². The molecule has 1 aliphatic rings. The summed E-state index contributed by atoms with van der Waals surface area (Å²) >= 11 is 0. The Labute approximate surface area is 225 Å². The van der Waals surface area contributed by atoms with Gasteiger partial charge in [-0.05, 0) is 62.5 Å². The molecule has 0 saturated heterocycles. The van der Waals surface area contributed by atoms with Crippen LogP contribution in [-0.2, 0) is 43.4 Å². The van der Waals surface area contributed by atoms with E-state index in [2.05, 4.69) is 17.3 Å². The Balaban J connectivity index is 1.63. The Kier molecular flexibility index (Phi) is 10.5. The number of nitrogens with one attached hydrogen (secondary N) is 1. The number of aromatic nitrogens is 2. The van der Waals surface area contributed by atoms with Crippen molar-refractivity contribution in [1.29, 1.82) is 0 Å². The summed E-state index contributed by atoms with van der Waals surface area (Å²) in [5, 5.41) is 7.36. The Hall–Kier alpha value is -3.20. The van der Waals surface area contributed by atoms with Gasteiger partial charge in [-0.2, -0.15) is 5.10 Å². The van der Waals surface area contributed by atoms with Crippen LogP contribution in [0.1, 0.15) is 69.7 Å². The summed E-state index contributed by atoms with van der Waals surface area (Å²) in [7, 11) is 1.38. The monoisotopic (exact) mass is 527 g/mol. The quantitative estimate of drug-likeness (QED) is 0.220. The number of rotatable bonds is 14. The maximum absolute atomic E-state index is 12.3. The average molecular weight is 528 g/mol. The van der Waals surface area contributed by atoms with Gasteiger partial charge in [0.05, 0.1) is 38.1 Å². The molecule has 9 nitrogen and oxygen atoms in total. The van der Waals surface area contributed by atoms with E-state index in [0.717, 1.165) is 35.9 Å². The van der Waals surface area contributed by atoms with E-state index in [1.54, 1.807) is 0 Å². The van der Waals surface area contributed by atoms with Crippen molar-refractivity contribution < 1.29 is 28.6 Å². The molecule has 0 aliphatic heterocycles. The minimum atomic E-state index is -0.535. The third-order valence-corrected chi connectivity index (χ3v) is 6.86. The van der Waals surface area contributed by atoms with Crippen molar-refractivity contribution in [1.82, 2.24) is 15.1 Å². The lowest BCUT2D eigenvalue weighted by molar-refractivity contribution is -0.139. The van der Waals surface area contributed by atoms with E-state index in [9.17, 15) is 14.4 Å².